The molecule has 1 aromatic carbocycles. The molecule has 5 nitrogen and oxygen atoms in total. The molecule has 0 fully saturated rings. The van der Waals surface area contributed by atoms with Crippen molar-refractivity contribution in [1.82, 2.24) is 14.1 Å². The highest BCUT2D eigenvalue weighted by molar-refractivity contribution is 8.13. The van der Waals surface area contributed by atoms with Gasteiger partial charge in [0.05, 0.1) is 16.6 Å². The summed E-state index contributed by atoms with van der Waals surface area (Å²) in [6.07, 6.45) is 2.94. The predicted molar refractivity (Wildman–Crippen MR) is 69.3 cm³/mol. The van der Waals surface area contributed by atoms with Gasteiger partial charge in [-0.15, -0.1) is 0 Å². The van der Waals surface area contributed by atoms with Crippen LogP contribution in [-0.4, -0.2) is 22.5 Å². The highest BCUT2D eigenvalue weighted by Crippen LogP contribution is 2.30. The monoisotopic (exact) mass is 301 g/mol. The minimum Gasteiger partial charge on any atom is -0.249 e. The van der Waals surface area contributed by atoms with Gasteiger partial charge in [0.25, 0.3) is 9.05 Å². The zero-order valence-electron chi connectivity index (χ0n) is 8.71. The number of nitrogens with zero attached hydrogens (tertiary/aromatic N) is 3. The number of rotatable bonds is 1. The molecule has 0 amide bonds. The molecule has 2 aromatic heterocycles. The molecule has 2 heterocycles. The SMILES string of the molecule is O=S(=O)(Cl)c1ccc2c(c1)c1ncncc1n2Cl. The summed E-state index contributed by atoms with van der Waals surface area (Å²) in [4.78, 5) is 7.99. The van der Waals surface area contributed by atoms with Crippen LogP contribution in [0.3, 0.4) is 0 Å². The van der Waals surface area contributed by atoms with Crippen LogP contribution in [0.5, 0.6) is 0 Å². The average Bonchev–Trinajstić information content (AvgIpc) is 2.63. The fourth-order valence-electron chi connectivity index (χ4n) is 1.83. The highest BCUT2D eigenvalue weighted by atomic mass is 35.7. The van der Waals surface area contributed by atoms with Gasteiger partial charge >= 0.3 is 0 Å². The van der Waals surface area contributed by atoms with Crippen LogP contribution in [0.15, 0.2) is 35.6 Å². The third kappa shape index (κ3) is 1.65. The van der Waals surface area contributed by atoms with Gasteiger partial charge in [-0.05, 0) is 18.2 Å². The lowest BCUT2D eigenvalue weighted by Crippen LogP contribution is -1.89. The van der Waals surface area contributed by atoms with Gasteiger partial charge in [-0.2, -0.15) is 0 Å². The van der Waals surface area contributed by atoms with Crippen LogP contribution in [0.4, 0.5) is 0 Å². The Bertz CT molecular complexity index is 873. The van der Waals surface area contributed by atoms with Crippen LogP contribution in [0.2, 0.25) is 0 Å². The second kappa shape index (κ2) is 3.81. The van der Waals surface area contributed by atoms with Gasteiger partial charge in [0.2, 0.25) is 0 Å². The number of benzene rings is 1. The second-order valence-electron chi connectivity index (χ2n) is 3.65. The van der Waals surface area contributed by atoms with Crippen molar-refractivity contribution in [3.8, 4) is 0 Å². The van der Waals surface area contributed by atoms with Crippen molar-refractivity contribution in [2.75, 3.05) is 0 Å². The van der Waals surface area contributed by atoms with Crippen LogP contribution in [0.1, 0.15) is 0 Å². The molecule has 0 N–H and O–H groups in total. The zero-order chi connectivity index (χ0) is 12.9. The van der Waals surface area contributed by atoms with Crippen LogP contribution >= 0.6 is 22.5 Å². The first-order valence-electron chi connectivity index (χ1n) is 4.83. The number of fused-ring (bicyclic) bond motifs is 3. The molecule has 92 valence electrons. The van der Waals surface area contributed by atoms with Gasteiger partial charge < -0.3 is 0 Å². The lowest BCUT2D eigenvalue weighted by atomic mass is 10.2. The van der Waals surface area contributed by atoms with E-state index in [9.17, 15) is 8.42 Å². The van der Waals surface area contributed by atoms with Gasteiger partial charge in [0.1, 0.15) is 17.4 Å². The van der Waals surface area contributed by atoms with Crippen molar-refractivity contribution < 1.29 is 8.42 Å². The Morgan fingerprint density at radius 2 is 2.00 bits per heavy atom. The summed E-state index contributed by atoms with van der Waals surface area (Å²) >= 11 is 6.11. The summed E-state index contributed by atoms with van der Waals surface area (Å²) in [5, 5.41) is 0.615. The quantitative estimate of drug-likeness (QED) is 0.648. The first-order chi connectivity index (χ1) is 8.48. The summed E-state index contributed by atoms with van der Waals surface area (Å²) in [5.74, 6) is 0. The van der Waals surface area contributed by atoms with E-state index < -0.39 is 9.05 Å². The zero-order valence-corrected chi connectivity index (χ0v) is 11.0. The predicted octanol–water partition coefficient (Wildman–Crippen LogP) is 2.51. The normalized spacial score (nSPS) is 12.3. The molecule has 0 saturated carbocycles. The summed E-state index contributed by atoms with van der Waals surface area (Å²) < 4.78 is 24.0. The molecule has 0 atom stereocenters. The first kappa shape index (κ1) is 11.7. The Labute approximate surface area is 112 Å². The van der Waals surface area contributed by atoms with Gasteiger partial charge in [0, 0.05) is 27.8 Å². The Kier molecular flexibility index (Phi) is 2.48. The minimum absolute atomic E-state index is 0.0134. The number of halogens is 2. The van der Waals surface area contributed by atoms with Gasteiger partial charge in [-0.1, -0.05) is 0 Å². The topological polar surface area (TPSA) is 64.8 Å². The van der Waals surface area contributed by atoms with E-state index in [1.807, 2.05) is 0 Å². The van der Waals surface area contributed by atoms with Crippen molar-refractivity contribution in [1.29, 1.82) is 0 Å². The summed E-state index contributed by atoms with van der Waals surface area (Å²) in [7, 11) is 1.54. The molecule has 3 rings (SSSR count). The Hall–Kier alpha value is -1.37. The standard InChI is InChI=1S/C10H5Cl2N3O2S/c11-15-8-2-1-6(18(12,16)17)3-7(8)10-9(15)4-13-5-14-10/h1-5H. The number of aromatic nitrogens is 3. The summed E-state index contributed by atoms with van der Waals surface area (Å²) in [6, 6.07) is 4.43. The van der Waals surface area contributed by atoms with Crippen LogP contribution in [-0.2, 0) is 9.05 Å². The third-order valence-electron chi connectivity index (χ3n) is 2.62. The lowest BCUT2D eigenvalue weighted by Gasteiger charge is -1.97. The molecule has 0 bridgehead atoms. The molecule has 0 saturated heterocycles. The third-order valence-corrected chi connectivity index (χ3v) is 4.34. The molecule has 0 aliphatic carbocycles. The molecule has 8 heteroatoms. The first-order valence-corrected chi connectivity index (χ1v) is 7.48. The molecule has 0 radical (unpaired) electrons. The fraction of sp³-hybridized carbons (Fsp3) is 0. The molecule has 3 aromatic rings. The van der Waals surface area contributed by atoms with Gasteiger partial charge in [-0.3, -0.25) is 0 Å². The van der Waals surface area contributed by atoms with Crippen LogP contribution in [0, 0.1) is 0 Å². The maximum atomic E-state index is 11.3. The van der Waals surface area contributed by atoms with Gasteiger partial charge in [-0.25, -0.2) is 22.5 Å². The number of hydrogen-bond donors (Lipinski definition) is 0. The summed E-state index contributed by atoms with van der Waals surface area (Å²) in [6.45, 7) is 0. The van der Waals surface area contributed by atoms with Crippen LogP contribution < -0.4 is 0 Å². The van der Waals surface area contributed by atoms with E-state index in [1.165, 1.54) is 22.5 Å². The lowest BCUT2D eigenvalue weighted by molar-refractivity contribution is 0.609. The molecule has 0 aliphatic heterocycles. The molecular formula is C10H5Cl2N3O2S. The van der Waals surface area contributed by atoms with E-state index in [-0.39, 0.29) is 4.90 Å². The minimum atomic E-state index is -3.78. The Balaban J connectivity index is 2.51. The second-order valence-corrected chi connectivity index (χ2v) is 6.56. The molecule has 0 unspecified atom stereocenters. The smallest absolute Gasteiger partial charge is 0.249 e. The van der Waals surface area contributed by atoms with E-state index in [0.717, 1.165) is 0 Å². The van der Waals surface area contributed by atoms with E-state index in [0.29, 0.717) is 21.9 Å². The molecular weight excluding hydrogens is 297 g/mol. The molecule has 0 spiro atoms. The van der Waals surface area contributed by atoms with Crippen LogP contribution in [0.25, 0.3) is 21.9 Å². The van der Waals surface area contributed by atoms with Crippen molar-refractivity contribution in [3.63, 3.8) is 0 Å². The van der Waals surface area contributed by atoms with E-state index in [1.54, 1.807) is 12.3 Å². The maximum absolute atomic E-state index is 11.3. The molecule has 18 heavy (non-hydrogen) atoms. The number of hydrogen-bond acceptors (Lipinski definition) is 4. The van der Waals surface area contributed by atoms with E-state index >= 15 is 0 Å². The Morgan fingerprint density at radius 1 is 1.22 bits per heavy atom. The van der Waals surface area contributed by atoms with Crippen molar-refractivity contribution in [2.45, 2.75) is 4.90 Å². The maximum Gasteiger partial charge on any atom is 0.261 e. The van der Waals surface area contributed by atoms with E-state index in [4.69, 9.17) is 22.5 Å². The van der Waals surface area contributed by atoms with Gasteiger partial charge in [0.15, 0.2) is 0 Å². The average molecular weight is 302 g/mol. The molecule has 0 aliphatic rings. The summed E-state index contributed by atoms with van der Waals surface area (Å²) in [5.41, 5.74) is 1.84. The largest absolute Gasteiger partial charge is 0.261 e. The van der Waals surface area contributed by atoms with E-state index in [2.05, 4.69) is 9.97 Å². The Morgan fingerprint density at radius 3 is 2.72 bits per heavy atom. The highest BCUT2D eigenvalue weighted by Gasteiger charge is 2.15. The van der Waals surface area contributed by atoms with Crippen molar-refractivity contribution in [3.05, 3.63) is 30.7 Å². The van der Waals surface area contributed by atoms with Crippen molar-refractivity contribution >= 4 is 53.4 Å². The fourth-order valence-corrected chi connectivity index (χ4v) is 2.88. The van der Waals surface area contributed by atoms with Crippen molar-refractivity contribution in [2.24, 2.45) is 0 Å².